The molecule has 84 valence electrons. The molecule has 0 radical (unpaired) electrons. The minimum atomic E-state index is 0.809. The quantitative estimate of drug-likeness (QED) is 0.755. The van der Waals surface area contributed by atoms with Crippen molar-refractivity contribution in [1.29, 1.82) is 0 Å². The minimum Gasteiger partial charge on any atom is -0.314 e. The van der Waals surface area contributed by atoms with Crippen molar-refractivity contribution in [3.05, 3.63) is 0 Å². The van der Waals surface area contributed by atoms with Crippen molar-refractivity contribution < 1.29 is 0 Å². The number of nitrogens with one attached hydrogen (secondary N) is 1. The number of thioether (sulfide) groups is 1. The first-order chi connectivity index (χ1) is 6.72. The maximum Gasteiger partial charge on any atom is 0.00696 e. The zero-order valence-electron chi connectivity index (χ0n) is 9.88. The van der Waals surface area contributed by atoms with Crippen LogP contribution in [-0.4, -0.2) is 24.1 Å². The standard InChI is InChI=1S/C12H25NS/c1-10-5-4-6-12(9-10)13-8-7-11(2)14-3/h10-13H,4-9H2,1-3H3. The molecule has 0 amide bonds. The van der Waals surface area contributed by atoms with Crippen LogP contribution in [0.25, 0.3) is 0 Å². The highest BCUT2D eigenvalue weighted by atomic mass is 32.2. The molecule has 0 aromatic heterocycles. The van der Waals surface area contributed by atoms with Gasteiger partial charge in [-0.3, -0.25) is 0 Å². The largest absolute Gasteiger partial charge is 0.314 e. The Balaban J connectivity index is 2.05. The lowest BCUT2D eigenvalue weighted by Crippen LogP contribution is -2.34. The first-order valence-electron chi connectivity index (χ1n) is 5.98. The minimum absolute atomic E-state index is 0.809. The van der Waals surface area contributed by atoms with Crippen molar-refractivity contribution in [3.63, 3.8) is 0 Å². The Bertz CT molecular complexity index is 149. The van der Waals surface area contributed by atoms with E-state index in [1.54, 1.807) is 0 Å². The van der Waals surface area contributed by atoms with E-state index in [0.717, 1.165) is 17.2 Å². The summed E-state index contributed by atoms with van der Waals surface area (Å²) < 4.78 is 0. The fraction of sp³-hybridized carbons (Fsp3) is 1.00. The van der Waals surface area contributed by atoms with Gasteiger partial charge in [-0.05, 0) is 38.0 Å². The van der Waals surface area contributed by atoms with Crippen molar-refractivity contribution in [2.45, 2.75) is 57.2 Å². The second-order valence-electron chi connectivity index (χ2n) is 4.76. The summed E-state index contributed by atoms with van der Waals surface area (Å²) in [5, 5.41) is 4.51. The highest BCUT2D eigenvalue weighted by Gasteiger charge is 2.17. The average Bonchev–Trinajstić information content (AvgIpc) is 2.17. The Morgan fingerprint density at radius 3 is 2.86 bits per heavy atom. The van der Waals surface area contributed by atoms with E-state index in [9.17, 15) is 0 Å². The van der Waals surface area contributed by atoms with E-state index >= 15 is 0 Å². The summed E-state index contributed by atoms with van der Waals surface area (Å²) in [6.07, 6.45) is 9.18. The molecule has 1 aliphatic rings. The normalized spacial score (nSPS) is 30.2. The Labute approximate surface area is 93.4 Å². The maximum absolute atomic E-state index is 3.70. The van der Waals surface area contributed by atoms with Gasteiger partial charge in [-0.15, -0.1) is 0 Å². The Kier molecular flexibility index (Phi) is 5.95. The van der Waals surface area contributed by atoms with Gasteiger partial charge in [-0.2, -0.15) is 11.8 Å². The van der Waals surface area contributed by atoms with Crippen LogP contribution in [0.4, 0.5) is 0 Å². The summed E-state index contributed by atoms with van der Waals surface area (Å²) in [7, 11) is 0. The third-order valence-corrected chi connectivity index (χ3v) is 4.36. The SMILES string of the molecule is CSC(C)CCNC1CCCC(C)C1. The van der Waals surface area contributed by atoms with Crippen molar-refractivity contribution in [3.8, 4) is 0 Å². The van der Waals surface area contributed by atoms with E-state index in [-0.39, 0.29) is 0 Å². The van der Waals surface area contributed by atoms with Crippen molar-refractivity contribution in [1.82, 2.24) is 5.32 Å². The van der Waals surface area contributed by atoms with E-state index in [1.165, 1.54) is 38.6 Å². The third kappa shape index (κ3) is 4.70. The van der Waals surface area contributed by atoms with Crippen LogP contribution in [-0.2, 0) is 0 Å². The Morgan fingerprint density at radius 2 is 2.21 bits per heavy atom. The van der Waals surface area contributed by atoms with Gasteiger partial charge in [0.2, 0.25) is 0 Å². The molecule has 1 fully saturated rings. The molecule has 0 bridgehead atoms. The van der Waals surface area contributed by atoms with Gasteiger partial charge in [0.05, 0.1) is 0 Å². The second-order valence-corrected chi connectivity index (χ2v) is 6.03. The van der Waals surface area contributed by atoms with Gasteiger partial charge in [0.15, 0.2) is 0 Å². The molecule has 2 heteroatoms. The van der Waals surface area contributed by atoms with E-state index in [1.807, 2.05) is 11.8 Å². The lowest BCUT2D eigenvalue weighted by Gasteiger charge is -2.27. The molecule has 1 aliphatic carbocycles. The van der Waals surface area contributed by atoms with E-state index < -0.39 is 0 Å². The first-order valence-corrected chi connectivity index (χ1v) is 7.27. The average molecular weight is 215 g/mol. The Hall–Kier alpha value is 0.310. The van der Waals surface area contributed by atoms with Crippen molar-refractivity contribution in [2.75, 3.05) is 12.8 Å². The zero-order valence-corrected chi connectivity index (χ0v) is 10.7. The van der Waals surface area contributed by atoms with Gasteiger partial charge in [-0.1, -0.05) is 26.7 Å². The van der Waals surface area contributed by atoms with Crippen LogP contribution in [0.5, 0.6) is 0 Å². The van der Waals surface area contributed by atoms with Gasteiger partial charge < -0.3 is 5.32 Å². The topological polar surface area (TPSA) is 12.0 Å². The van der Waals surface area contributed by atoms with E-state index in [4.69, 9.17) is 0 Å². The monoisotopic (exact) mass is 215 g/mol. The summed E-state index contributed by atoms with van der Waals surface area (Å²) >= 11 is 1.97. The van der Waals surface area contributed by atoms with Crippen LogP contribution < -0.4 is 5.32 Å². The van der Waals surface area contributed by atoms with Crippen LogP contribution in [0.15, 0.2) is 0 Å². The predicted octanol–water partition coefficient (Wildman–Crippen LogP) is 3.30. The highest BCUT2D eigenvalue weighted by Crippen LogP contribution is 2.23. The molecule has 3 atom stereocenters. The van der Waals surface area contributed by atoms with Gasteiger partial charge in [0.25, 0.3) is 0 Å². The first kappa shape index (κ1) is 12.4. The predicted molar refractivity (Wildman–Crippen MR) is 67.0 cm³/mol. The molecule has 0 spiro atoms. The molecule has 3 unspecified atom stereocenters. The molecule has 14 heavy (non-hydrogen) atoms. The lowest BCUT2D eigenvalue weighted by molar-refractivity contribution is 0.301. The van der Waals surface area contributed by atoms with Crippen molar-refractivity contribution in [2.24, 2.45) is 5.92 Å². The van der Waals surface area contributed by atoms with Crippen LogP contribution in [0.1, 0.15) is 46.0 Å². The molecular formula is C12H25NS. The molecule has 0 aromatic rings. The molecular weight excluding hydrogens is 190 g/mol. The summed E-state index contributed by atoms with van der Waals surface area (Å²) in [4.78, 5) is 0. The van der Waals surface area contributed by atoms with Crippen molar-refractivity contribution >= 4 is 11.8 Å². The molecule has 0 aromatic carbocycles. The lowest BCUT2D eigenvalue weighted by atomic mass is 9.87. The summed E-state index contributed by atoms with van der Waals surface area (Å²) in [6.45, 7) is 5.91. The highest BCUT2D eigenvalue weighted by molar-refractivity contribution is 7.99. The van der Waals surface area contributed by atoms with Gasteiger partial charge >= 0.3 is 0 Å². The fourth-order valence-electron chi connectivity index (χ4n) is 2.23. The second kappa shape index (κ2) is 6.73. The summed E-state index contributed by atoms with van der Waals surface area (Å²) in [5.41, 5.74) is 0. The van der Waals surface area contributed by atoms with E-state index in [2.05, 4.69) is 25.4 Å². The molecule has 0 heterocycles. The Morgan fingerprint density at radius 1 is 1.43 bits per heavy atom. The van der Waals surface area contributed by atoms with Gasteiger partial charge in [0.1, 0.15) is 0 Å². The third-order valence-electron chi connectivity index (χ3n) is 3.32. The van der Waals surface area contributed by atoms with Gasteiger partial charge in [-0.25, -0.2) is 0 Å². The molecule has 1 saturated carbocycles. The van der Waals surface area contributed by atoms with E-state index in [0.29, 0.717) is 0 Å². The van der Waals surface area contributed by atoms with Crippen LogP contribution in [0.3, 0.4) is 0 Å². The molecule has 1 nitrogen and oxygen atoms in total. The summed E-state index contributed by atoms with van der Waals surface area (Å²) in [5.74, 6) is 0.944. The van der Waals surface area contributed by atoms with Crippen LogP contribution >= 0.6 is 11.8 Å². The number of hydrogen-bond donors (Lipinski definition) is 1. The maximum atomic E-state index is 3.70. The molecule has 0 aliphatic heterocycles. The van der Waals surface area contributed by atoms with Gasteiger partial charge in [0, 0.05) is 11.3 Å². The number of hydrogen-bond acceptors (Lipinski definition) is 2. The molecule has 1 N–H and O–H groups in total. The number of rotatable bonds is 5. The van der Waals surface area contributed by atoms with Crippen LogP contribution in [0, 0.1) is 5.92 Å². The molecule has 1 rings (SSSR count). The summed E-state index contributed by atoms with van der Waals surface area (Å²) in [6, 6.07) is 0.813. The molecule has 0 saturated heterocycles. The zero-order chi connectivity index (χ0) is 10.4. The van der Waals surface area contributed by atoms with Crippen LogP contribution in [0.2, 0.25) is 0 Å². The fourth-order valence-corrected chi connectivity index (χ4v) is 2.58. The smallest absolute Gasteiger partial charge is 0.00696 e.